The Morgan fingerprint density at radius 2 is 1.29 bits per heavy atom. The highest BCUT2D eigenvalue weighted by molar-refractivity contribution is 7.53. The Bertz CT molecular complexity index is 267. The van der Waals surface area contributed by atoms with Crippen LogP contribution in [0, 0.1) is 11.8 Å². The Kier molecular flexibility index (Phi) is 7.46. The van der Waals surface area contributed by atoms with Gasteiger partial charge in [0.05, 0.1) is 0 Å². The third-order valence-corrected chi connectivity index (χ3v) is 8.15. The maximum Gasteiger partial charge on any atom is 0.0428 e. The first-order valence-electron chi connectivity index (χ1n) is 9.37. The van der Waals surface area contributed by atoms with Crippen molar-refractivity contribution >= 4 is 8.22 Å². The van der Waals surface area contributed by atoms with Crippen LogP contribution in [0.2, 0.25) is 0 Å². The van der Waals surface area contributed by atoms with Gasteiger partial charge in [0.2, 0.25) is 0 Å². The fourth-order valence-corrected chi connectivity index (χ4v) is 6.97. The van der Waals surface area contributed by atoms with Crippen LogP contribution < -0.4 is 0 Å². The second-order valence-corrected chi connectivity index (χ2v) is 10.4. The SMILES string of the molecule is CC(C)CCN1CCN(CCC(C)C)P1C1CCCCC1. The van der Waals surface area contributed by atoms with Crippen molar-refractivity contribution in [3.63, 3.8) is 0 Å². The largest absolute Gasteiger partial charge is 0.268 e. The van der Waals surface area contributed by atoms with Gasteiger partial charge in [-0.1, -0.05) is 47.0 Å². The van der Waals surface area contributed by atoms with E-state index in [0.717, 1.165) is 17.5 Å². The molecule has 0 spiro atoms. The van der Waals surface area contributed by atoms with E-state index in [-0.39, 0.29) is 8.22 Å². The highest BCUT2D eigenvalue weighted by atomic mass is 31.1. The van der Waals surface area contributed by atoms with E-state index in [1.807, 2.05) is 0 Å². The molecule has 3 heteroatoms. The van der Waals surface area contributed by atoms with E-state index in [1.54, 1.807) is 0 Å². The molecule has 124 valence electrons. The van der Waals surface area contributed by atoms with E-state index in [9.17, 15) is 0 Å². The Labute approximate surface area is 134 Å². The van der Waals surface area contributed by atoms with Gasteiger partial charge in [-0.25, -0.2) is 0 Å². The van der Waals surface area contributed by atoms with Crippen molar-refractivity contribution in [2.75, 3.05) is 26.2 Å². The van der Waals surface area contributed by atoms with Gasteiger partial charge in [-0.3, -0.25) is 9.34 Å². The summed E-state index contributed by atoms with van der Waals surface area (Å²) in [6.45, 7) is 14.9. The van der Waals surface area contributed by atoms with Crippen LogP contribution in [0.25, 0.3) is 0 Å². The minimum Gasteiger partial charge on any atom is -0.268 e. The van der Waals surface area contributed by atoms with Gasteiger partial charge in [0.25, 0.3) is 0 Å². The van der Waals surface area contributed by atoms with Crippen LogP contribution >= 0.6 is 8.22 Å². The molecule has 0 aromatic rings. The van der Waals surface area contributed by atoms with E-state index < -0.39 is 0 Å². The molecular formula is C18H37N2P. The summed E-state index contributed by atoms with van der Waals surface area (Å²) in [5.74, 6) is 1.69. The highest BCUT2D eigenvalue weighted by Gasteiger charge is 2.37. The lowest BCUT2D eigenvalue weighted by Gasteiger charge is -2.38. The zero-order chi connectivity index (χ0) is 15.2. The van der Waals surface area contributed by atoms with Crippen LogP contribution in [0.3, 0.4) is 0 Å². The van der Waals surface area contributed by atoms with Gasteiger partial charge < -0.3 is 0 Å². The quantitative estimate of drug-likeness (QED) is 0.585. The second-order valence-electron chi connectivity index (χ2n) is 7.88. The molecule has 1 saturated carbocycles. The second kappa shape index (κ2) is 8.85. The fraction of sp³-hybridized carbons (Fsp3) is 1.00. The summed E-state index contributed by atoms with van der Waals surface area (Å²) in [6.07, 6.45) is 10.2. The van der Waals surface area contributed by atoms with Crippen molar-refractivity contribution in [1.29, 1.82) is 0 Å². The lowest BCUT2D eigenvalue weighted by Crippen LogP contribution is -2.27. The van der Waals surface area contributed by atoms with E-state index in [0.29, 0.717) is 0 Å². The molecule has 21 heavy (non-hydrogen) atoms. The molecule has 2 aliphatic rings. The monoisotopic (exact) mass is 312 g/mol. The van der Waals surface area contributed by atoms with Crippen LogP contribution in [0.5, 0.6) is 0 Å². The molecule has 0 N–H and O–H groups in total. The Hall–Kier alpha value is 0.350. The number of hydrogen-bond acceptors (Lipinski definition) is 2. The maximum atomic E-state index is 2.89. The number of hydrogen-bond donors (Lipinski definition) is 0. The fourth-order valence-electron chi connectivity index (χ4n) is 3.63. The minimum atomic E-state index is 0.0152. The van der Waals surface area contributed by atoms with Gasteiger partial charge in [-0.05, 0) is 37.5 Å². The van der Waals surface area contributed by atoms with Gasteiger partial charge in [-0.15, -0.1) is 0 Å². The first kappa shape index (κ1) is 17.7. The molecule has 1 aliphatic heterocycles. The van der Waals surface area contributed by atoms with Crippen LogP contribution in [0.15, 0.2) is 0 Å². The summed E-state index contributed by atoms with van der Waals surface area (Å²) in [6, 6.07) is 0. The van der Waals surface area contributed by atoms with Gasteiger partial charge >= 0.3 is 0 Å². The molecule has 1 heterocycles. The molecule has 2 nitrogen and oxygen atoms in total. The molecular weight excluding hydrogens is 275 g/mol. The van der Waals surface area contributed by atoms with Crippen LogP contribution in [0.4, 0.5) is 0 Å². The first-order valence-corrected chi connectivity index (χ1v) is 10.7. The normalized spacial score (nSPS) is 23.7. The van der Waals surface area contributed by atoms with E-state index in [1.165, 1.54) is 71.1 Å². The van der Waals surface area contributed by atoms with Gasteiger partial charge in [0.15, 0.2) is 0 Å². The average Bonchev–Trinajstić information content (AvgIpc) is 2.86. The minimum absolute atomic E-state index is 0.0152. The Morgan fingerprint density at radius 3 is 1.71 bits per heavy atom. The van der Waals surface area contributed by atoms with Crippen molar-refractivity contribution in [1.82, 2.24) is 9.34 Å². The third-order valence-electron chi connectivity index (χ3n) is 5.03. The average molecular weight is 312 g/mol. The van der Waals surface area contributed by atoms with Gasteiger partial charge in [0.1, 0.15) is 0 Å². The number of rotatable bonds is 7. The summed E-state index contributed by atoms with van der Waals surface area (Å²) in [5, 5.41) is 0. The lowest BCUT2D eigenvalue weighted by molar-refractivity contribution is 0.414. The zero-order valence-corrected chi connectivity index (χ0v) is 15.7. The molecule has 0 radical (unpaired) electrons. The smallest absolute Gasteiger partial charge is 0.0428 e. The predicted molar refractivity (Wildman–Crippen MR) is 95.8 cm³/mol. The summed E-state index contributed by atoms with van der Waals surface area (Å²) in [7, 11) is 0.0152. The molecule has 0 aromatic carbocycles. The van der Waals surface area contributed by atoms with Crippen LogP contribution in [0.1, 0.15) is 72.6 Å². The van der Waals surface area contributed by atoms with Crippen molar-refractivity contribution in [2.24, 2.45) is 11.8 Å². The van der Waals surface area contributed by atoms with Crippen molar-refractivity contribution in [3.05, 3.63) is 0 Å². The molecule has 0 aromatic heterocycles. The van der Waals surface area contributed by atoms with Crippen LogP contribution in [-0.4, -0.2) is 41.2 Å². The summed E-state index contributed by atoms with van der Waals surface area (Å²) in [4.78, 5) is 0. The standard InChI is InChI=1S/C18H37N2P/c1-16(2)10-12-19-14-15-20(13-11-17(3)4)21(19)18-8-6-5-7-9-18/h16-18H,5-15H2,1-4H3. The molecule has 1 saturated heterocycles. The van der Waals surface area contributed by atoms with E-state index in [4.69, 9.17) is 0 Å². The molecule has 0 unspecified atom stereocenters. The molecule has 2 rings (SSSR count). The summed E-state index contributed by atoms with van der Waals surface area (Å²) in [5.41, 5.74) is 1.01. The molecule has 1 aliphatic carbocycles. The van der Waals surface area contributed by atoms with E-state index >= 15 is 0 Å². The van der Waals surface area contributed by atoms with E-state index in [2.05, 4.69) is 37.0 Å². The lowest BCUT2D eigenvalue weighted by atomic mass is 10.0. The molecule has 0 bridgehead atoms. The predicted octanol–water partition coefficient (Wildman–Crippen LogP) is 5.34. The Morgan fingerprint density at radius 1 is 0.810 bits per heavy atom. The van der Waals surface area contributed by atoms with Crippen molar-refractivity contribution in [3.8, 4) is 0 Å². The van der Waals surface area contributed by atoms with Gasteiger partial charge in [-0.2, -0.15) is 0 Å². The topological polar surface area (TPSA) is 6.48 Å². The Balaban J connectivity index is 1.95. The molecule has 0 amide bonds. The summed E-state index contributed by atoms with van der Waals surface area (Å²) < 4.78 is 5.79. The summed E-state index contributed by atoms with van der Waals surface area (Å²) >= 11 is 0. The molecule has 0 atom stereocenters. The zero-order valence-electron chi connectivity index (χ0n) is 14.9. The third kappa shape index (κ3) is 5.48. The van der Waals surface area contributed by atoms with Crippen molar-refractivity contribution < 1.29 is 0 Å². The van der Waals surface area contributed by atoms with Gasteiger partial charge in [0, 0.05) is 40.1 Å². The number of nitrogens with zero attached hydrogens (tertiary/aromatic N) is 2. The van der Waals surface area contributed by atoms with Crippen molar-refractivity contribution in [2.45, 2.75) is 78.3 Å². The molecule has 2 fully saturated rings. The van der Waals surface area contributed by atoms with Crippen LogP contribution in [-0.2, 0) is 0 Å². The highest BCUT2D eigenvalue weighted by Crippen LogP contribution is 2.56. The maximum absolute atomic E-state index is 2.89. The first-order chi connectivity index (χ1) is 10.1.